The number of anilines is 2. The molecule has 0 aliphatic carbocycles. The number of nitrogens with one attached hydrogen (secondary N) is 1. The van der Waals surface area contributed by atoms with Crippen LogP contribution in [0.3, 0.4) is 0 Å². The Morgan fingerprint density at radius 2 is 1.94 bits per heavy atom. The van der Waals surface area contributed by atoms with Gasteiger partial charge in [-0.05, 0) is 38.8 Å². The largest absolute Gasteiger partial charge is 0.506 e. The maximum Gasteiger partial charge on any atom is 0.351 e. The van der Waals surface area contributed by atoms with Gasteiger partial charge in [-0.3, -0.25) is 14.2 Å². The predicted molar refractivity (Wildman–Crippen MR) is 126 cm³/mol. The van der Waals surface area contributed by atoms with Gasteiger partial charge in [0.15, 0.2) is 5.82 Å². The molecule has 1 aromatic heterocycles. The average Bonchev–Trinajstić information content (AvgIpc) is 3.16. The van der Waals surface area contributed by atoms with Crippen molar-refractivity contribution in [3.63, 3.8) is 0 Å². The van der Waals surface area contributed by atoms with Crippen molar-refractivity contribution in [2.45, 2.75) is 38.7 Å². The molecular weight excluding hydrogens is 510 g/mol. The lowest BCUT2D eigenvalue weighted by Crippen LogP contribution is -2.31. The summed E-state index contributed by atoms with van der Waals surface area (Å²) in [4.78, 5) is 39.6. The van der Waals surface area contributed by atoms with E-state index >= 15 is 0 Å². The first-order chi connectivity index (χ1) is 16.2. The first-order valence-corrected chi connectivity index (χ1v) is 11.2. The quantitative estimate of drug-likeness (QED) is 0.363. The van der Waals surface area contributed by atoms with Crippen molar-refractivity contribution in [3.8, 4) is 5.75 Å². The molecule has 1 fully saturated rings. The van der Waals surface area contributed by atoms with E-state index in [4.69, 9.17) is 14.2 Å². The Hall–Kier alpha value is -3.44. The number of rotatable bonds is 6. The molecule has 3 aromatic rings. The summed E-state index contributed by atoms with van der Waals surface area (Å²) < 4.78 is 17.9. The van der Waals surface area contributed by atoms with Crippen molar-refractivity contribution in [1.29, 1.82) is 0 Å². The van der Waals surface area contributed by atoms with Crippen LogP contribution in [0.4, 0.5) is 11.5 Å². The molecule has 2 heterocycles. The van der Waals surface area contributed by atoms with Gasteiger partial charge in [0, 0.05) is 26.5 Å². The Bertz CT molecular complexity index is 1310. The zero-order chi connectivity index (χ0) is 24.4. The van der Waals surface area contributed by atoms with Crippen LogP contribution in [-0.2, 0) is 23.8 Å². The van der Waals surface area contributed by atoms with Crippen molar-refractivity contribution in [1.82, 2.24) is 9.55 Å². The van der Waals surface area contributed by atoms with E-state index in [9.17, 15) is 19.5 Å². The summed E-state index contributed by atoms with van der Waals surface area (Å²) in [6.07, 6.45) is -0.530. The Kier molecular flexibility index (Phi) is 6.85. The molecule has 10 nitrogen and oxygen atoms in total. The Balaban J connectivity index is 1.58. The lowest BCUT2D eigenvalue weighted by molar-refractivity contribution is -0.155. The molecule has 3 atom stereocenters. The highest BCUT2D eigenvalue weighted by Crippen LogP contribution is 2.34. The van der Waals surface area contributed by atoms with Crippen LogP contribution in [0.25, 0.3) is 10.8 Å². The molecule has 0 bridgehead atoms. The molecule has 0 saturated carbocycles. The van der Waals surface area contributed by atoms with Gasteiger partial charge in [-0.1, -0.05) is 24.3 Å². The SMILES string of the molecule is CC(=O)OC[C@H]1O[C@@H](n2cc(Br)c(Nc3cc4ccccc4cc3O)nc2=O)CC1OC(C)=O. The van der Waals surface area contributed by atoms with Crippen molar-refractivity contribution < 1.29 is 28.9 Å². The van der Waals surface area contributed by atoms with Crippen molar-refractivity contribution in [2.24, 2.45) is 0 Å². The number of fused-ring (bicyclic) bond motifs is 1. The third-order valence-electron chi connectivity index (χ3n) is 5.28. The van der Waals surface area contributed by atoms with Gasteiger partial charge in [0.2, 0.25) is 0 Å². The Morgan fingerprint density at radius 1 is 1.24 bits per heavy atom. The molecule has 0 spiro atoms. The van der Waals surface area contributed by atoms with E-state index in [1.807, 2.05) is 24.3 Å². The number of esters is 2. The molecule has 1 unspecified atom stereocenters. The molecule has 1 aliphatic heterocycles. The molecule has 4 rings (SSSR count). The number of hydrogen-bond donors (Lipinski definition) is 2. The lowest BCUT2D eigenvalue weighted by atomic mass is 10.1. The second-order valence-corrected chi connectivity index (χ2v) is 8.64. The number of phenolic OH excluding ortho intramolecular Hbond substituents is 1. The second-order valence-electron chi connectivity index (χ2n) is 7.78. The molecule has 1 saturated heterocycles. The highest BCUT2D eigenvalue weighted by Gasteiger charge is 2.39. The Labute approximate surface area is 202 Å². The molecule has 2 aromatic carbocycles. The predicted octanol–water partition coefficient (Wildman–Crippen LogP) is 3.39. The van der Waals surface area contributed by atoms with Gasteiger partial charge in [-0.15, -0.1) is 0 Å². The fourth-order valence-electron chi connectivity index (χ4n) is 3.75. The minimum absolute atomic E-state index is 0.00763. The monoisotopic (exact) mass is 531 g/mol. The smallest absolute Gasteiger partial charge is 0.351 e. The van der Waals surface area contributed by atoms with Crippen LogP contribution in [-0.4, -0.2) is 45.4 Å². The van der Waals surface area contributed by atoms with Crippen LogP contribution in [0.15, 0.2) is 51.9 Å². The van der Waals surface area contributed by atoms with Gasteiger partial charge < -0.3 is 24.6 Å². The molecule has 11 heteroatoms. The zero-order valence-corrected chi connectivity index (χ0v) is 19.9. The molecular formula is C23H22BrN3O7. The molecule has 0 amide bonds. The van der Waals surface area contributed by atoms with Gasteiger partial charge in [0.05, 0.1) is 10.2 Å². The van der Waals surface area contributed by atoms with Crippen molar-refractivity contribution >= 4 is 50.1 Å². The number of aromatic hydroxyl groups is 1. The summed E-state index contributed by atoms with van der Waals surface area (Å²) in [7, 11) is 0. The van der Waals surface area contributed by atoms with Gasteiger partial charge in [0.1, 0.15) is 30.8 Å². The summed E-state index contributed by atoms with van der Waals surface area (Å²) in [6, 6.07) is 10.9. The number of aromatic nitrogens is 2. The second kappa shape index (κ2) is 9.82. The number of benzene rings is 2. The maximum atomic E-state index is 12.8. The van der Waals surface area contributed by atoms with Gasteiger partial charge in [-0.2, -0.15) is 4.98 Å². The Morgan fingerprint density at radius 3 is 2.62 bits per heavy atom. The highest BCUT2D eigenvalue weighted by atomic mass is 79.9. The fraction of sp³-hybridized carbons (Fsp3) is 0.304. The van der Waals surface area contributed by atoms with Crippen LogP contribution in [0.2, 0.25) is 0 Å². The molecule has 2 N–H and O–H groups in total. The molecule has 34 heavy (non-hydrogen) atoms. The number of carbonyl (C=O) groups excluding carboxylic acids is 2. The topological polar surface area (TPSA) is 129 Å². The first-order valence-electron chi connectivity index (χ1n) is 10.4. The van der Waals surface area contributed by atoms with Crippen LogP contribution < -0.4 is 11.0 Å². The number of hydrogen-bond acceptors (Lipinski definition) is 9. The van der Waals surface area contributed by atoms with E-state index in [0.29, 0.717) is 10.2 Å². The standard InChI is InChI=1S/C23H22BrN3O7/c1-12(28)32-11-20-19(33-13(2)29)9-21(34-20)27-10-16(24)22(26-23(27)31)25-17-7-14-5-3-4-6-15(14)8-18(17)30/h3-8,10,19-21,30H,9,11H2,1-2H3,(H,25,26,31)/t19?,20-,21-/m1/s1. The number of carbonyl (C=O) groups is 2. The van der Waals surface area contributed by atoms with Crippen LogP contribution in [0.1, 0.15) is 26.5 Å². The summed E-state index contributed by atoms with van der Waals surface area (Å²) in [5, 5.41) is 15.1. The maximum absolute atomic E-state index is 12.8. The first kappa shape index (κ1) is 23.7. The third-order valence-corrected chi connectivity index (χ3v) is 5.86. The third kappa shape index (κ3) is 5.20. The average molecular weight is 532 g/mol. The van der Waals surface area contributed by atoms with Crippen molar-refractivity contribution in [3.05, 3.63) is 57.6 Å². The minimum Gasteiger partial charge on any atom is -0.506 e. The minimum atomic E-state index is -0.788. The van der Waals surface area contributed by atoms with Crippen LogP contribution in [0.5, 0.6) is 5.75 Å². The normalized spacial score (nSPS) is 19.7. The summed E-state index contributed by atoms with van der Waals surface area (Å²) in [5.41, 5.74) is -0.233. The van der Waals surface area contributed by atoms with Crippen molar-refractivity contribution in [2.75, 3.05) is 11.9 Å². The van der Waals surface area contributed by atoms with Crippen LogP contribution in [0, 0.1) is 0 Å². The summed E-state index contributed by atoms with van der Waals surface area (Å²) >= 11 is 3.40. The van der Waals surface area contributed by atoms with E-state index < -0.39 is 36.1 Å². The van der Waals surface area contributed by atoms with Gasteiger partial charge in [0.25, 0.3) is 0 Å². The molecule has 1 aliphatic rings. The lowest BCUT2D eigenvalue weighted by Gasteiger charge is -2.18. The number of ether oxygens (including phenoxy) is 3. The van der Waals surface area contributed by atoms with Crippen LogP contribution >= 0.6 is 15.9 Å². The molecule has 0 radical (unpaired) electrons. The number of halogens is 1. The number of phenols is 1. The van der Waals surface area contributed by atoms with E-state index in [0.717, 1.165) is 10.8 Å². The van der Waals surface area contributed by atoms with E-state index in [1.165, 1.54) is 24.6 Å². The zero-order valence-electron chi connectivity index (χ0n) is 18.4. The van der Waals surface area contributed by atoms with E-state index in [2.05, 4.69) is 26.2 Å². The summed E-state index contributed by atoms with van der Waals surface area (Å²) in [5.74, 6) is -0.794. The van der Waals surface area contributed by atoms with E-state index in [-0.39, 0.29) is 24.6 Å². The fourth-order valence-corrected chi connectivity index (χ4v) is 4.16. The number of nitrogens with zero attached hydrogens (tertiary/aromatic N) is 2. The summed E-state index contributed by atoms with van der Waals surface area (Å²) in [6.45, 7) is 2.41. The van der Waals surface area contributed by atoms with E-state index in [1.54, 1.807) is 12.1 Å². The van der Waals surface area contributed by atoms with Gasteiger partial charge >= 0.3 is 17.6 Å². The van der Waals surface area contributed by atoms with Gasteiger partial charge in [-0.25, -0.2) is 4.79 Å². The molecule has 178 valence electrons. The highest BCUT2D eigenvalue weighted by molar-refractivity contribution is 9.10.